The molecule has 2 aromatic heterocycles. The molecule has 7 heteroatoms. The summed E-state index contributed by atoms with van der Waals surface area (Å²) in [7, 11) is 0. The van der Waals surface area contributed by atoms with E-state index in [0.717, 1.165) is 11.7 Å². The lowest BCUT2D eigenvalue weighted by Crippen LogP contribution is -2.29. The van der Waals surface area contributed by atoms with Gasteiger partial charge in [-0.3, -0.25) is 9.48 Å². The highest BCUT2D eigenvalue weighted by Crippen LogP contribution is 2.27. The van der Waals surface area contributed by atoms with Gasteiger partial charge in [-0.15, -0.1) is 11.3 Å². The number of aliphatic carboxylic acids is 1. The highest BCUT2D eigenvalue weighted by atomic mass is 32.1. The summed E-state index contributed by atoms with van der Waals surface area (Å²) in [5, 5.41) is 19.1. The Labute approximate surface area is 121 Å². The molecule has 0 aliphatic rings. The van der Waals surface area contributed by atoms with E-state index in [1.54, 1.807) is 25.4 Å². The van der Waals surface area contributed by atoms with Gasteiger partial charge in [0, 0.05) is 23.8 Å². The maximum atomic E-state index is 11.2. The number of hydrogen-bond acceptors (Lipinski definition) is 5. The monoisotopic (exact) mass is 294 g/mol. The normalized spacial score (nSPS) is 13.2. The van der Waals surface area contributed by atoms with Crippen LogP contribution in [0.1, 0.15) is 26.5 Å². The Kier molecular flexibility index (Phi) is 4.08. The fourth-order valence-corrected chi connectivity index (χ4v) is 2.67. The van der Waals surface area contributed by atoms with Crippen molar-refractivity contribution in [2.75, 3.05) is 5.32 Å². The zero-order valence-corrected chi connectivity index (χ0v) is 12.5. The Morgan fingerprint density at radius 1 is 1.60 bits per heavy atom. The molecule has 1 atom stereocenters. The zero-order chi connectivity index (χ0) is 14.8. The topological polar surface area (TPSA) is 80.0 Å². The van der Waals surface area contributed by atoms with Gasteiger partial charge in [0.2, 0.25) is 0 Å². The molecule has 1 unspecified atom stereocenters. The van der Waals surface area contributed by atoms with Crippen LogP contribution in [0, 0.1) is 0 Å². The maximum absolute atomic E-state index is 11.2. The van der Waals surface area contributed by atoms with E-state index >= 15 is 0 Å². The minimum atomic E-state index is -0.971. The molecule has 20 heavy (non-hydrogen) atoms. The summed E-state index contributed by atoms with van der Waals surface area (Å²) >= 11 is 1.42. The molecule has 0 aromatic carbocycles. The van der Waals surface area contributed by atoms with E-state index in [-0.39, 0.29) is 6.04 Å². The molecule has 0 bridgehead atoms. The lowest BCUT2D eigenvalue weighted by atomic mass is 9.90. The number of rotatable bonds is 6. The first-order valence-electron chi connectivity index (χ1n) is 6.33. The number of thiazole rings is 1. The largest absolute Gasteiger partial charge is 0.481 e. The van der Waals surface area contributed by atoms with Gasteiger partial charge < -0.3 is 10.4 Å². The minimum Gasteiger partial charge on any atom is -0.481 e. The number of nitrogens with one attached hydrogen (secondary N) is 1. The highest BCUT2D eigenvalue weighted by Gasteiger charge is 2.32. The molecule has 0 amide bonds. The van der Waals surface area contributed by atoms with Gasteiger partial charge in [-0.25, -0.2) is 4.98 Å². The molecule has 0 aliphatic heterocycles. The van der Waals surface area contributed by atoms with Crippen LogP contribution in [0.4, 0.5) is 5.13 Å². The summed E-state index contributed by atoms with van der Waals surface area (Å²) in [4.78, 5) is 15.6. The van der Waals surface area contributed by atoms with E-state index in [4.69, 9.17) is 0 Å². The predicted octanol–water partition coefficient (Wildman–Crippen LogP) is 2.20. The fourth-order valence-electron chi connectivity index (χ4n) is 1.68. The van der Waals surface area contributed by atoms with E-state index < -0.39 is 11.4 Å². The van der Waals surface area contributed by atoms with Crippen molar-refractivity contribution in [3.05, 3.63) is 29.5 Å². The van der Waals surface area contributed by atoms with Gasteiger partial charge in [-0.1, -0.05) is 0 Å². The molecule has 2 N–H and O–H groups in total. The Balaban J connectivity index is 2.01. The predicted molar refractivity (Wildman–Crippen MR) is 78.1 cm³/mol. The lowest BCUT2D eigenvalue weighted by molar-refractivity contribution is -0.142. The first kappa shape index (κ1) is 14.5. The van der Waals surface area contributed by atoms with Gasteiger partial charge in [-0.05, 0) is 26.8 Å². The molecule has 2 heterocycles. The van der Waals surface area contributed by atoms with Crippen molar-refractivity contribution >= 4 is 22.4 Å². The first-order valence-corrected chi connectivity index (χ1v) is 7.21. The third kappa shape index (κ3) is 3.16. The maximum Gasteiger partial charge on any atom is 0.315 e. The quantitative estimate of drug-likeness (QED) is 0.853. The smallest absolute Gasteiger partial charge is 0.315 e. The van der Waals surface area contributed by atoms with Crippen LogP contribution in [0.15, 0.2) is 23.8 Å². The summed E-state index contributed by atoms with van der Waals surface area (Å²) in [5.74, 6) is -0.876. The number of carboxylic acid groups (broad SMARTS) is 1. The van der Waals surface area contributed by atoms with Crippen LogP contribution in [0.25, 0.3) is 0 Å². The summed E-state index contributed by atoms with van der Waals surface area (Å²) in [6.45, 7) is 6.07. The molecule has 0 saturated heterocycles. The van der Waals surface area contributed by atoms with Crippen molar-refractivity contribution in [3.8, 4) is 0 Å². The Morgan fingerprint density at radius 3 is 2.95 bits per heavy atom. The van der Waals surface area contributed by atoms with Gasteiger partial charge in [-0.2, -0.15) is 5.10 Å². The third-order valence-corrected chi connectivity index (χ3v) is 3.84. The van der Waals surface area contributed by atoms with Gasteiger partial charge in [0.1, 0.15) is 5.41 Å². The van der Waals surface area contributed by atoms with Gasteiger partial charge >= 0.3 is 5.97 Å². The van der Waals surface area contributed by atoms with Gasteiger partial charge in [0.15, 0.2) is 5.13 Å². The number of hydrogen-bond donors (Lipinski definition) is 2. The van der Waals surface area contributed by atoms with Crippen LogP contribution in [0.3, 0.4) is 0 Å². The van der Waals surface area contributed by atoms with Crippen molar-refractivity contribution < 1.29 is 9.90 Å². The SMILES string of the molecule is CC(Cn1cccn1)Nc1nc(C(C)(C)C(=O)O)cs1. The van der Waals surface area contributed by atoms with E-state index in [1.807, 2.05) is 23.9 Å². The first-order chi connectivity index (χ1) is 9.39. The molecule has 0 radical (unpaired) electrons. The number of aromatic nitrogens is 3. The van der Waals surface area contributed by atoms with Crippen molar-refractivity contribution in [1.29, 1.82) is 0 Å². The van der Waals surface area contributed by atoms with Gasteiger partial charge in [0.05, 0.1) is 12.2 Å². The molecule has 0 spiro atoms. The van der Waals surface area contributed by atoms with Crippen molar-refractivity contribution in [2.45, 2.75) is 38.8 Å². The average molecular weight is 294 g/mol. The highest BCUT2D eigenvalue weighted by molar-refractivity contribution is 7.13. The van der Waals surface area contributed by atoms with E-state index in [2.05, 4.69) is 15.4 Å². The molecule has 108 valence electrons. The summed E-state index contributed by atoms with van der Waals surface area (Å²) < 4.78 is 1.84. The molecule has 0 aliphatic carbocycles. The Hall–Kier alpha value is -1.89. The minimum absolute atomic E-state index is 0.154. The van der Waals surface area contributed by atoms with Crippen molar-refractivity contribution in [1.82, 2.24) is 14.8 Å². The number of carboxylic acids is 1. The number of anilines is 1. The van der Waals surface area contributed by atoms with Crippen LogP contribution in [-0.4, -0.2) is 31.9 Å². The van der Waals surface area contributed by atoms with Crippen LogP contribution >= 0.6 is 11.3 Å². The molecular weight excluding hydrogens is 276 g/mol. The second-order valence-electron chi connectivity index (χ2n) is 5.24. The lowest BCUT2D eigenvalue weighted by Gasteiger charge is -2.16. The van der Waals surface area contributed by atoms with E-state index in [9.17, 15) is 9.90 Å². The van der Waals surface area contributed by atoms with Crippen molar-refractivity contribution in [2.24, 2.45) is 0 Å². The van der Waals surface area contributed by atoms with Crippen molar-refractivity contribution in [3.63, 3.8) is 0 Å². The number of carbonyl (C=O) groups is 1. The van der Waals surface area contributed by atoms with Crippen LogP contribution in [0.2, 0.25) is 0 Å². The molecule has 0 saturated carbocycles. The number of nitrogens with zero attached hydrogens (tertiary/aromatic N) is 3. The standard InChI is InChI=1S/C13H18N4O2S/c1-9(7-17-6-4-5-14-17)15-12-16-10(8-20-12)13(2,3)11(18)19/h4-6,8-9H,7H2,1-3H3,(H,15,16)(H,18,19). The molecule has 0 fully saturated rings. The average Bonchev–Trinajstić information content (AvgIpc) is 3.00. The summed E-state index contributed by atoms with van der Waals surface area (Å²) in [5.41, 5.74) is -0.398. The second kappa shape index (κ2) is 5.62. The molecular formula is C13H18N4O2S. The van der Waals surface area contributed by atoms with Gasteiger partial charge in [0.25, 0.3) is 0 Å². The molecule has 6 nitrogen and oxygen atoms in total. The van der Waals surface area contributed by atoms with E-state index in [0.29, 0.717) is 5.69 Å². The zero-order valence-electron chi connectivity index (χ0n) is 11.7. The Morgan fingerprint density at radius 2 is 2.35 bits per heavy atom. The molecule has 2 aromatic rings. The fraction of sp³-hybridized carbons (Fsp3) is 0.462. The van der Waals surface area contributed by atoms with Crippen LogP contribution < -0.4 is 5.32 Å². The van der Waals surface area contributed by atoms with Crippen LogP contribution in [0.5, 0.6) is 0 Å². The van der Waals surface area contributed by atoms with Crippen LogP contribution in [-0.2, 0) is 16.8 Å². The summed E-state index contributed by atoms with van der Waals surface area (Å²) in [6, 6.07) is 2.03. The molecule has 2 rings (SSSR count). The third-order valence-electron chi connectivity index (χ3n) is 3.07. The Bertz CT molecular complexity index is 577. The summed E-state index contributed by atoms with van der Waals surface area (Å²) in [6.07, 6.45) is 3.64. The van der Waals surface area contributed by atoms with E-state index in [1.165, 1.54) is 11.3 Å². The second-order valence-corrected chi connectivity index (χ2v) is 6.10.